The molecular weight excluding hydrogens is 1480 g/mol. The van der Waals surface area contributed by atoms with Crippen molar-refractivity contribution in [2.24, 2.45) is 0 Å². The molecule has 0 bridgehead atoms. The van der Waals surface area contributed by atoms with Gasteiger partial charge in [-0.1, -0.05) is 369 Å². The first-order chi connectivity index (χ1) is 58.6. The lowest BCUT2D eigenvalue weighted by atomic mass is 9.30. The highest BCUT2D eigenvalue weighted by molar-refractivity contribution is 7.02. The second-order valence-electron chi connectivity index (χ2n) is 42.1. The van der Waals surface area contributed by atoms with Gasteiger partial charge in [-0.15, -0.1) is 0 Å². The standard InChI is InChI=1S/C117H111B2N3O/c1-111(2,3)79-56-76(57-80(62-79)112(4,5)6)77-58-101-107-102(59-77)121(109-89(72-40-25-21-26-41-72)66-83(115(13,14)15)67-90(109)73-42-27-22-28-43-73)98-54-37-35-52-94(98)118(107)96-70-97-104(71-100(96)120(101)85-64-81(113(7,8)9)63-82(65-85)114(10,11)12)123-105-61-78(86-49-39-50-88-87-48-33-34-51-93(87)117(19,20)106(86)88)60-103-108(105)119(97)95-53-36-38-55-99(95)122(103)110-91(74-44-29-23-30-45-74)68-84(116(16,17)18)69-92(110)75-46-31-24-32-47-75/h21-71H,1-20H3. The van der Waals surface area contributed by atoms with E-state index >= 15 is 0 Å². The zero-order chi connectivity index (χ0) is 85.7. The van der Waals surface area contributed by atoms with Gasteiger partial charge in [0.15, 0.2) is 0 Å². The molecule has 0 N–H and O–H groups in total. The van der Waals surface area contributed by atoms with Crippen molar-refractivity contribution < 1.29 is 4.74 Å². The molecule has 5 aliphatic rings. The van der Waals surface area contributed by atoms with E-state index in [1.54, 1.807) is 0 Å². The van der Waals surface area contributed by atoms with Gasteiger partial charge >= 0.3 is 0 Å². The van der Waals surface area contributed by atoms with Crippen molar-refractivity contribution in [3.63, 3.8) is 0 Å². The van der Waals surface area contributed by atoms with E-state index in [1.807, 2.05) is 0 Å². The molecule has 123 heavy (non-hydrogen) atoms. The summed E-state index contributed by atoms with van der Waals surface area (Å²) in [7, 11) is 0. The van der Waals surface area contributed by atoms with E-state index in [1.165, 1.54) is 111 Å². The molecule has 4 nitrogen and oxygen atoms in total. The molecule has 15 aromatic rings. The predicted octanol–water partition coefficient (Wildman–Crippen LogP) is 28.3. The molecule has 606 valence electrons. The molecular formula is C117H111B2N3O. The Bertz CT molecular complexity index is 6620. The van der Waals surface area contributed by atoms with Crippen molar-refractivity contribution >= 4 is 97.4 Å². The summed E-state index contributed by atoms with van der Waals surface area (Å²) in [5, 5.41) is 0. The Labute approximate surface area is 731 Å². The van der Waals surface area contributed by atoms with Crippen LogP contribution >= 0.6 is 0 Å². The summed E-state index contributed by atoms with van der Waals surface area (Å²) in [6, 6.07) is 120. The Kier molecular flexibility index (Phi) is 18.2. The Hall–Kier alpha value is -12.4. The number of nitrogens with zero attached hydrogens (tertiary/aromatic N) is 3. The van der Waals surface area contributed by atoms with Gasteiger partial charge in [-0.3, -0.25) is 0 Å². The van der Waals surface area contributed by atoms with Gasteiger partial charge in [0.25, 0.3) is 13.4 Å². The van der Waals surface area contributed by atoms with Gasteiger partial charge in [0, 0.05) is 73.5 Å². The number of hydrogen-bond acceptors (Lipinski definition) is 4. The fourth-order valence-electron chi connectivity index (χ4n) is 20.5. The largest absolute Gasteiger partial charge is 0.458 e. The lowest BCUT2D eigenvalue weighted by Crippen LogP contribution is -2.64. The van der Waals surface area contributed by atoms with Crippen LogP contribution in [0.3, 0.4) is 0 Å². The Balaban J connectivity index is 0.930. The quantitative estimate of drug-likeness (QED) is 0.134. The molecule has 6 heteroatoms. The van der Waals surface area contributed by atoms with Gasteiger partial charge in [0.2, 0.25) is 0 Å². The van der Waals surface area contributed by atoms with Crippen LogP contribution in [0.25, 0.3) is 77.9 Å². The normalized spacial score (nSPS) is 14.2. The van der Waals surface area contributed by atoms with E-state index in [9.17, 15) is 0 Å². The van der Waals surface area contributed by atoms with Gasteiger partial charge in [-0.25, -0.2) is 0 Å². The van der Waals surface area contributed by atoms with E-state index < -0.39 is 0 Å². The van der Waals surface area contributed by atoms with Crippen LogP contribution in [0.5, 0.6) is 11.5 Å². The average molecular weight is 1600 g/mol. The van der Waals surface area contributed by atoms with Crippen molar-refractivity contribution in [3.8, 4) is 89.4 Å². The molecule has 0 unspecified atom stereocenters. The van der Waals surface area contributed by atoms with Crippen LogP contribution in [0.1, 0.15) is 183 Å². The summed E-state index contributed by atoms with van der Waals surface area (Å²) >= 11 is 0. The van der Waals surface area contributed by atoms with E-state index in [4.69, 9.17) is 4.74 Å². The number of anilines is 9. The number of benzene rings is 15. The van der Waals surface area contributed by atoms with Crippen LogP contribution < -0.4 is 52.2 Å². The molecule has 0 saturated heterocycles. The van der Waals surface area contributed by atoms with Crippen LogP contribution in [-0.4, -0.2) is 13.4 Å². The summed E-state index contributed by atoms with van der Waals surface area (Å²) in [6.07, 6.45) is 0. The molecule has 0 fully saturated rings. The fourth-order valence-corrected chi connectivity index (χ4v) is 20.5. The van der Waals surface area contributed by atoms with Crippen LogP contribution in [0.15, 0.2) is 309 Å². The molecule has 0 amide bonds. The van der Waals surface area contributed by atoms with Crippen LogP contribution in [0.4, 0.5) is 51.2 Å². The Morgan fingerprint density at radius 2 is 0.593 bits per heavy atom. The van der Waals surface area contributed by atoms with Crippen molar-refractivity contribution in [1.29, 1.82) is 0 Å². The number of rotatable bonds is 9. The third-order valence-corrected chi connectivity index (χ3v) is 27.3. The molecule has 0 radical (unpaired) electrons. The fraction of sp³-hybridized carbons (Fsp3) is 0.231. The maximum absolute atomic E-state index is 8.32. The Morgan fingerprint density at radius 1 is 0.236 bits per heavy atom. The SMILES string of the molecule is CC(C)(C)c1cc(-c2cc3c4c(c2)N(c2c(-c5ccccc5)cc(C(C)(C)C)cc2-c2ccccc2)c2ccccc2B4c2cc4c(cc2N3c2cc(C(C)(C)C)cc(C(C)(C)C)c2)Oc2cc(-c3cccc5c3C(C)(C)c3ccccc3-5)cc3c2B4c2ccccc2N3c2c(-c3ccccc3)cc(C(C)(C)C)cc2-c2ccccc2)cc(C(C)(C)C)c1. The number of hydrogen-bond donors (Lipinski definition) is 0. The molecule has 0 aromatic heterocycles. The zero-order valence-corrected chi connectivity index (χ0v) is 75.3. The number of para-hydroxylation sites is 2. The highest BCUT2D eigenvalue weighted by Gasteiger charge is 2.50. The summed E-state index contributed by atoms with van der Waals surface area (Å²) in [5.41, 5.74) is 42.8. The first-order valence-electron chi connectivity index (χ1n) is 44.5. The van der Waals surface area contributed by atoms with Gasteiger partial charge in [-0.2, -0.15) is 0 Å². The van der Waals surface area contributed by atoms with Crippen molar-refractivity contribution in [2.45, 2.75) is 176 Å². The monoisotopic (exact) mass is 1600 g/mol. The van der Waals surface area contributed by atoms with E-state index in [2.05, 4.69) is 463 Å². The minimum atomic E-state index is -0.318. The minimum absolute atomic E-state index is 0.159. The highest BCUT2D eigenvalue weighted by atomic mass is 16.5. The van der Waals surface area contributed by atoms with E-state index in [0.29, 0.717) is 0 Å². The summed E-state index contributed by atoms with van der Waals surface area (Å²) in [5.74, 6) is 1.70. The third-order valence-electron chi connectivity index (χ3n) is 27.3. The molecule has 4 heterocycles. The van der Waals surface area contributed by atoms with Gasteiger partial charge in [-0.05, 0) is 238 Å². The van der Waals surface area contributed by atoms with Crippen molar-refractivity contribution in [3.05, 3.63) is 354 Å². The number of fused-ring (bicyclic) bond motifs is 11. The van der Waals surface area contributed by atoms with Crippen molar-refractivity contribution in [1.82, 2.24) is 0 Å². The van der Waals surface area contributed by atoms with E-state index in [-0.39, 0.29) is 51.3 Å². The number of ether oxygens (including phenoxy) is 1. The van der Waals surface area contributed by atoms with Gasteiger partial charge in [0.05, 0.1) is 11.4 Å². The smallest absolute Gasteiger partial charge is 0.256 e. The summed E-state index contributed by atoms with van der Waals surface area (Å²) < 4.78 is 8.32. The molecule has 4 aliphatic heterocycles. The van der Waals surface area contributed by atoms with Crippen LogP contribution in [-0.2, 0) is 37.9 Å². The average Bonchev–Trinajstić information content (AvgIpc) is 0.929. The Morgan fingerprint density at radius 3 is 1.05 bits per heavy atom. The molecule has 20 rings (SSSR count). The van der Waals surface area contributed by atoms with Gasteiger partial charge < -0.3 is 19.4 Å². The molecule has 1 aliphatic carbocycles. The highest BCUT2D eigenvalue weighted by Crippen LogP contribution is 2.58. The zero-order valence-electron chi connectivity index (χ0n) is 75.3. The molecule has 0 spiro atoms. The molecule has 0 saturated carbocycles. The first-order valence-corrected chi connectivity index (χ1v) is 44.5. The van der Waals surface area contributed by atoms with Crippen LogP contribution in [0.2, 0.25) is 0 Å². The van der Waals surface area contributed by atoms with Crippen LogP contribution in [0, 0.1) is 0 Å². The maximum Gasteiger partial charge on any atom is 0.256 e. The maximum atomic E-state index is 8.32. The second kappa shape index (κ2) is 28.3. The van der Waals surface area contributed by atoms with Gasteiger partial charge in [0.1, 0.15) is 11.5 Å². The summed E-state index contributed by atoms with van der Waals surface area (Å²) in [6.45, 7) is 47.0. The topological polar surface area (TPSA) is 19.0 Å². The predicted molar refractivity (Wildman–Crippen MR) is 529 cm³/mol. The molecule has 0 atom stereocenters. The first kappa shape index (κ1) is 79.1. The third kappa shape index (κ3) is 13.2. The minimum Gasteiger partial charge on any atom is -0.458 e. The molecule has 15 aromatic carbocycles. The van der Waals surface area contributed by atoms with Crippen molar-refractivity contribution in [2.75, 3.05) is 14.7 Å². The lowest BCUT2D eigenvalue weighted by Gasteiger charge is -2.46. The second-order valence-corrected chi connectivity index (χ2v) is 42.1. The summed E-state index contributed by atoms with van der Waals surface area (Å²) in [4.78, 5) is 8.08. The lowest BCUT2D eigenvalue weighted by molar-refractivity contribution is 0.488. The van der Waals surface area contributed by atoms with E-state index in [0.717, 1.165) is 107 Å².